The Labute approximate surface area is 180 Å². The number of hydrogen-bond acceptors (Lipinski definition) is 12. The van der Waals surface area contributed by atoms with Crippen LogP contribution in [-0.2, 0) is 23.1 Å². The van der Waals surface area contributed by atoms with Crippen LogP contribution in [0.5, 0.6) is 0 Å². The van der Waals surface area contributed by atoms with Gasteiger partial charge in [0.1, 0.15) is 30.2 Å². The molecule has 4 heterocycles. The Hall–Kier alpha value is -2.39. The number of amides is 1. The van der Waals surface area contributed by atoms with E-state index in [0.29, 0.717) is 13.0 Å². The lowest BCUT2D eigenvalue weighted by Gasteiger charge is -2.21. The summed E-state index contributed by atoms with van der Waals surface area (Å²) in [4.78, 5) is 34.9. The third kappa shape index (κ3) is 4.15. The second kappa shape index (κ2) is 8.86. The number of aliphatic hydroxyl groups excluding tert-OH is 2. The van der Waals surface area contributed by atoms with Gasteiger partial charge in [0, 0.05) is 7.11 Å². The number of H-pyrrole nitrogens is 1. The molecule has 2 fully saturated rings. The third-order valence-corrected chi connectivity index (χ3v) is 6.86. The first-order valence-corrected chi connectivity index (χ1v) is 11.4. The van der Waals surface area contributed by atoms with Crippen LogP contribution < -0.4 is 21.8 Å². The first-order valence-electron chi connectivity index (χ1n) is 9.82. The highest BCUT2D eigenvalue weighted by molar-refractivity contribution is 7.52. The van der Waals surface area contributed by atoms with E-state index in [1.54, 1.807) is 0 Å². The molecule has 7 N–H and O–H groups in total. The van der Waals surface area contributed by atoms with Crippen molar-refractivity contribution in [2.24, 2.45) is 0 Å². The second-order valence-corrected chi connectivity index (χ2v) is 9.25. The average molecular weight is 473 g/mol. The quantitative estimate of drug-likeness (QED) is 0.240. The monoisotopic (exact) mass is 473 g/mol. The molecular weight excluding hydrogens is 449 g/mol. The predicted octanol–water partition coefficient (Wildman–Crippen LogP) is -2.04. The zero-order chi connectivity index (χ0) is 23.0. The molecule has 0 spiro atoms. The van der Waals surface area contributed by atoms with Gasteiger partial charge in [-0.2, -0.15) is 0 Å². The molecule has 6 unspecified atom stereocenters. The Morgan fingerprint density at radius 1 is 1.44 bits per heavy atom. The molecule has 2 aromatic heterocycles. The lowest BCUT2D eigenvalue weighted by atomic mass is 10.1. The second-order valence-electron chi connectivity index (χ2n) is 7.40. The summed E-state index contributed by atoms with van der Waals surface area (Å²) in [5.41, 5.74) is 5.26. The number of carbonyl (C=O) groups excluding carboxylic acids is 1. The summed E-state index contributed by atoms with van der Waals surface area (Å²) in [6.45, 7) is 0.161. The zero-order valence-corrected chi connectivity index (χ0v) is 17.9. The van der Waals surface area contributed by atoms with E-state index in [1.807, 2.05) is 0 Å². The molecule has 4 rings (SSSR count). The van der Waals surface area contributed by atoms with Gasteiger partial charge in [0.2, 0.25) is 5.91 Å². The molecule has 1 amide bonds. The van der Waals surface area contributed by atoms with E-state index < -0.39 is 56.5 Å². The van der Waals surface area contributed by atoms with Crippen molar-refractivity contribution in [3.63, 3.8) is 0 Å². The summed E-state index contributed by atoms with van der Waals surface area (Å²) < 4.78 is 29.5. The van der Waals surface area contributed by atoms with Crippen LogP contribution in [0.1, 0.15) is 19.1 Å². The Morgan fingerprint density at radius 2 is 2.22 bits per heavy atom. The number of fused-ring (bicyclic) bond motifs is 1. The molecule has 16 heteroatoms. The van der Waals surface area contributed by atoms with E-state index in [1.165, 1.54) is 0 Å². The van der Waals surface area contributed by atoms with Crippen molar-refractivity contribution >= 4 is 30.6 Å². The van der Waals surface area contributed by atoms with Crippen molar-refractivity contribution in [3.8, 4) is 0 Å². The maximum absolute atomic E-state index is 12.8. The van der Waals surface area contributed by atoms with Gasteiger partial charge in [-0.05, 0) is 19.4 Å². The number of rotatable bonds is 7. The van der Waals surface area contributed by atoms with Gasteiger partial charge in [0.15, 0.2) is 17.7 Å². The van der Waals surface area contributed by atoms with Crippen molar-refractivity contribution in [1.82, 2.24) is 29.9 Å². The van der Waals surface area contributed by atoms with Gasteiger partial charge in [-0.25, -0.2) is 23.9 Å². The molecular formula is C16H24N7O8P. The molecule has 2 saturated heterocycles. The van der Waals surface area contributed by atoms with Gasteiger partial charge < -0.3 is 31.0 Å². The topological polar surface area (TPSA) is 216 Å². The van der Waals surface area contributed by atoms with Crippen molar-refractivity contribution in [3.05, 3.63) is 16.8 Å². The number of aromatic amines is 1. The number of nitrogen functional groups attached to an aromatic ring is 1. The van der Waals surface area contributed by atoms with E-state index in [4.69, 9.17) is 19.5 Å². The summed E-state index contributed by atoms with van der Waals surface area (Å²) >= 11 is 0. The van der Waals surface area contributed by atoms with E-state index in [2.05, 4.69) is 25.4 Å². The zero-order valence-electron chi connectivity index (χ0n) is 17.0. The first-order chi connectivity index (χ1) is 15.2. The van der Waals surface area contributed by atoms with Crippen LogP contribution in [0.25, 0.3) is 11.2 Å². The summed E-state index contributed by atoms with van der Waals surface area (Å²) in [7, 11) is -2.97. The number of ether oxygens (including phenoxy) is 1. The molecule has 0 aromatic carbocycles. The number of hydrogen-bond donors (Lipinski definition) is 6. The van der Waals surface area contributed by atoms with E-state index >= 15 is 0 Å². The molecule has 32 heavy (non-hydrogen) atoms. The third-order valence-electron chi connectivity index (χ3n) is 5.40. The summed E-state index contributed by atoms with van der Waals surface area (Å²) in [5, 5.41) is 26.1. The van der Waals surface area contributed by atoms with Crippen LogP contribution in [-0.4, -0.2) is 80.3 Å². The molecule has 2 aliphatic rings. The number of aliphatic hydroxyl groups is 2. The van der Waals surface area contributed by atoms with Gasteiger partial charge in [-0.1, -0.05) is 0 Å². The Morgan fingerprint density at radius 3 is 2.91 bits per heavy atom. The molecule has 2 aliphatic heterocycles. The molecule has 0 bridgehead atoms. The minimum absolute atomic E-state index is 0.0206. The molecule has 6 atom stereocenters. The summed E-state index contributed by atoms with van der Waals surface area (Å²) in [5.74, 6) is -0.520. The van der Waals surface area contributed by atoms with Crippen molar-refractivity contribution in [2.75, 3.05) is 26.0 Å². The number of nitrogens with two attached hydrogens (primary N) is 1. The maximum atomic E-state index is 12.8. The smallest absolute Gasteiger partial charge is 0.387 e. The van der Waals surface area contributed by atoms with Crippen LogP contribution in [0.15, 0.2) is 11.1 Å². The van der Waals surface area contributed by atoms with Gasteiger partial charge >= 0.3 is 13.4 Å². The lowest BCUT2D eigenvalue weighted by molar-refractivity contribution is -0.121. The average Bonchev–Trinajstić information content (AvgIpc) is 3.47. The van der Waals surface area contributed by atoms with Crippen LogP contribution in [0.3, 0.4) is 0 Å². The highest BCUT2D eigenvalue weighted by Gasteiger charge is 2.46. The standard InChI is InChI=1S/C16H24N7O8P/c1-29-32(28,22-14(26)7-3-2-4-18-7)30-5-8-10(24)11(25)15(31-8)23-13-9(21-16(23)27)12(17)19-6-20-13/h6-8,10-11,15,18,24-25H,2-5H2,1H3,(H,21,27)(H2,17,19,20)(H,22,26,28). The van der Waals surface area contributed by atoms with E-state index in [9.17, 15) is 24.4 Å². The van der Waals surface area contributed by atoms with E-state index in [0.717, 1.165) is 24.4 Å². The van der Waals surface area contributed by atoms with Gasteiger partial charge in [-0.15, -0.1) is 0 Å². The fraction of sp³-hybridized carbons (Fsp3) is 0.625. The maximum Gasteiger partial charge on any atom is 0.434 e. The van der Waals surface area contributed by atoms with Crippen LogP contribution >= 0.6 is 7.75 Å². The van der Waals surface area contributed by atoms with Gasteiger partial charge in [0.05, 0.1) is 12.6 Å². The highest BCUT2D eigenvalue weighted by Crippen LogP contribution is 2.44. The molecule has 0 aliphatic carbocycles. The highest BCUT2D eigenvalue weighted by atomic mass is 31.2. The predicted molar refractivity (Wildman–Crippen MR) is 108 cm³/mol. The molecule has 176 valence electrons. The summed E-state index contributed by atoms with van der Waals surface area (Å²) in [6, 6.07) is -0.509. The normalized spacial score (nSPS) is 29.9. The van der Waals surface area contributed by atoms with E-state index in [-0.39, 0.29) is 17.0 Å². The van der Waals surface area contributed by atoms with Gasteiger partial charge in [0.25, 0.3) is 0 Å². The van der Waals surface area contributed by atoms with Gasteiger partial charge in [-0.3, -0.25) is 18.9 Å². The Bertz CT molecular complexity index is 1100. The number of imidazole rings is 1. The largest absolute Gasteiger partial charge is 0.434 e. The minimum Gasteiger partial charge on any atom is -0.387 e. The van der Waals surface area contributed by atoms with Crippen molar-refractivity contribution < 1.29 is 33.4 Å². The van der Waals surface area contributed by atoms with Crippen LogP contribution in [0.4, 0.5) is 5.82 Å². The van der Waals surface area contributed by atoms with Crippen LogP contribution in [0, 0.1) is 0 Å². The molecule has 2 aromatic rings. The fourth-order valence-corrected chi connectivity index (χ4v) is 4.73. The fourth-order valence-electron chi connectivity index (χ4n) is 3.69. The number of carbonyl (C=O) groups is 1. The number of nitrogens with one attached hydrogen (secondary N) is 3. The molecule has 0 saturated carbocycles. The lowest BCUT2D eigenvalue weighted by Crippen LogP contribution is -2.40. The molecule has 15 nitrogen and oxygen atoms in total. The molecule has 0 radical (unpaired) electrons. The SMILES string of the molecule is COP(=O)(NC(=O)C1CCCN1)OCC1OC(n2c(=O)[nH]c3c(N)ncnc32)C(O)C1O. The summed E-state index contributed by atoms with van der Waals surface area (Å²) in [6.07, 6.45) is -3.06. The number of nitrogens with zero attached hydrogens (tertiary/aromatic N) is 3. The van der Waals surface area contributed by atoms with Crippen molar-refractivity contribution in [1.29, 1.82) is 0 Å². The Kier molecular flexibility index (Phi) is 6.31. The van der Waals surface area contributed by atoms with Crippen LogP contribution in [0.2, 0.25) is 0 Å². The minimum atomic E-state index is -4.07. The first kappa shape index (κ1) is 22.8. The number of anilines is 1. The number of aromatic nitrogens is 4. The Balaban J connectivity index is 1.47. The van der Waals surface area contributed by atoms with Crippen molar-refractivity contribution in [2.45, 2.75) is 43.4 Å².